The summed E-state index contributed by atoms with van der Waals surface area (Å²) in [5.74, 6) is 0.441. The minimum atomic E-state index is -0.520. The maximum Gasteiger partial charge on any atom is 0.187 e. The lowest BCUT2D eigenvalue weighted by atomic mass is 10.3. The molecule has 1 unspecified atom stereocenters. The van der Waals surface area contributed by atoms with Gasteiger partial charge in [0.15, 0.2) is 11.9 Å². The summed E-state index contributed by atoms with van der Waals surface area (Å²) in [5.41, 5.74) is 0. The van der Waals surface area contributed by atoms with Crippen LogP contribution in [0.2, 0.25) is 5.02 Å². The van der Waals surface area contributed by atoms with Gasteiger partial charge in [-0.15, -0.1) is 11.6 Å². The summed E-state index contributed by atoms with van der Waals surface area (Å²) in [6.45, 7) is 1.67. The monoisotopic (exact) mass is 232 g/mol. The number of hydrogen-bond acceptors (Lipinski definition) is 2. The zero-order chi connectivity index (χ0) is 10.6. The van der Waals surface area contributed by atoms with Gasteiger partial charge in [-0.2, -0.15) is 0 Å². The summed E-state index contributed by atoms with van der Waals surface area (Å²) >= 11 is 11.1. The maximum atomic E-state index is 11.1. The van der Waals surface area contributed by atoms with Crippen molar-refractivity contribution < 1.29 is 9.53 Å². The van der Waals surface area contributed by atoms with Crippen LogP contribution in [-0.2, 0) is 4.79 Å². The molecular weight excluding hydrogens is 223 g/mol. The van der Waals surface area contributed by atoms with E-state index in [4.69, 9.17) is 27.9 Å². The fourth-order valence-corrected chi connectivity index (χ4v) is 1.23. The summed E-state index contributed by atoms with van der Waals surface area (Å²) in [7, 11) is 0. The van der Waals surface area contributed by atoms with E-state index in [0.717, 1.165) is 0 Å². The van der Waals surface area contributed by atoms with Crippen molar-refractivity contribution in [2.24, 2.45) is 0 Å². The van der Waals surface area contributed by atoms with Crippen LogP contribution in [-0.4, -0.2) is 17.8 Å². The molecule has 1 rings (SSSR count). The fraction of sp³-hybridized carbons (Fsp3) is 0.300. The van der Waals surface area contributed by atoms with Crippen LogP contribution in [0, 0.1) is 0 Å². The topological polar surface area (TPSA) is 26.3 Å². The van der Waals surface area contributed by atoms with E-state index in [1.807, 2.05) is 0 Å². The molecule has 0 aliphatic rings. The van der Waals surface area contributed by atoms with E-state index in [1.54, 1.807) is 31.2 Å². The van der Waals surface area contributed by atoms with Crippen LogP contribution in [0.15, 0.2) is 24.3 Å². The Hall–Kier alpha value is -0.730. The molecule has 0 saturated carbocycles. The van der Waals surface area contributed by atoms with Gasteiger partial charge in [-0.3, -0.25) is 4.79 Å². The summed E-state index contributed by atoms with van der Waals surface area (Å²) < 4.78 is 5.33. The second-order valence-corrected chi connectivity index (χ2v) is 3.52. The van der Waals surface area contributed by atoms with Crippen LogP contribution in [0.25, 0.3) is 0 Å². The molecule has 0 spiro atoms. The van der Waals surface area contributed by atoms with E-state index in [2.05, 4.69) is 0 Å². The Kier molecular flexibility index (Phi) is 4.23. The molecule has 1 aromatic rings. The van der Waals surface area contributed by atoms with E-state index in [9.17, 15) is 4.79 Å². The number of rotatable bonds is 4. The minimum Gasteiger partial charge on any atom is -0.483 e. The van der Waals surface area contributed by atoms with E-state index in [-0.39, 0.29) is 11.7 Å². The zero-order valence-corrected chi connectivity index (χ0v) is 9.18. The van der Waals surface area contributed by atoms with Crippen molar-refractivity contribution >= 4 is 29.0 Å². The number of carbonyl (C=O) groups excluding carboxylic acids is 1. The van der Waals surface area contributed by atoms with Crippen molar-refractivity contribution in [1.82, 2.24) is 0 Å². The second kappa shape index (κ2) is 5.23. The SMILES string of the molecule is CC(Oc1ccc(Cl)cc1)C(=O)CCl. The first-order chi connectivity index (χ1) is 6.63. The number of carbonyl (C=O) groups is 1. The lowest BCUT2D eigenvalue weighted by molar-refractivity contribution is -0.122. The maximum absolute atomic E-state index is 11.1. The molecule has 0 fully saturated rings. The van der Waals surface area contributed by atoms with Crippen molar-refractivity contribution in [3.05, 3.63) is 29.3 Å². The lowest BCUT2D eigenvalue weighted by Gasteiger charge is -2.11. The van der Waals surface area contributed by atoms with Crippen LogP contribution in [0.4, 0.5) is 0 Å². The lowest BCUT2D eigenvalue weighted by Crippen LogP contribution is -2.24. The standard InChI is InChI=1S/C10H10Cl2O2/c1-7(10(13)6-11)14-9-4-2-8(12)3-5-9/h2-5,7H,6H2,1H3. The number of benzene rings is 1. The van der Waals surface area contributed by atoms with Crippen LogP contribution in [0.1, 0.15) is 6.92 Å². The normalized spacial score (nSPS) is 12.2. The number of Topliss-reactive ketones (excluding diaryl/α,β-unsaturated/α-hetero) is 1. The first kappa shape index (κ1) is 11.3. The molecule has 0 saturated heterocycles. The van der Waals surface area contributed by atoms with Gasteiger partial charge >= 0.3 is 0 Å². The van der Waals surface area contributed by atoms with Crippen molar-refractivity contribution in [2.75, 3.05) is 5.88 Å². The Morgan fingerprint density at radius 2 is 2.00 bits per heavy atom. The quantitative estimate of drug-likeness (QED) is 0.747. The van der Waals surface area contributed by atoms with Gasteiger partial charge in [0, 0.05) is 5.02 Å². The molecule has 1 aromatic carbocycles. The first-order valence-corrected chi connectivity index (χ1v) is 5.05. The smallest absolute Gasteiger partial charge is 0.187 e. The van der Waals surface area contributed by atoms with Crippen LogP contribution >= 0.6 is 23.2 Å². The van der Waals surface area contributed by atoms with Crippen LogP contribution in [0.5, 0.6) is 5.75 Å². The van der Waals surface area contributed by atoms with Crippen molar-refractivity contribution in [1.29, 1.82) is 0 Å². The van der Waals surface area contributed by atoms with Crippen LogP contribution < -0.4 is 4.74 Å². The molecule has 0 aliphatic heterocycles. The number of hydrogen-bond donors (Lipinski definition) is 0. The minimum absolute atomic E-state index is 0.0330. The van der Waals surface area contributed by atoms with Gasteiger partial charge in [-0.05, 0) is 31.2 Å². The Labute approximate surface area is 92.8 Å². The van der Waals surface area contributed by atoms with Gasteiger partial charge < -0.3 is 4.74 Å². The molecule has 14 heavy (non-hydrogen) atoms. The Morgan fingerprint density at radius 1 is 1.43 bits per heavy atom. The Bertz CT molecular complexity index is 308. The number of ketones is 1. The third kappa shape index (κ3) is 3.20. The van der Waals surface area contributed by atoms with Crippen molar-refractivity contribution in [3.63, 3.8) is 0 Å². The van der Waals surface area contributed by atoms with E-state index in [0.29, 0.717) is 10.8 Å². The molecule has 1 atom stereocenters. The van der Waals surface area contributed by atoms with E-state index < -0.39 is 6.10 Å². The molecule has 76 valence electrons. The van der Waals surface area contributed by atoms with Crippen molar-refractivity contribution in [3.8, 4) is 5.75 Å². The molecule has 0 aromatic heterocycles. The highest BCUT2D eigenvalue weighted by atomic mass is 35.5. The summed E-state index contributed by atoms with van der Waals surface area (Å²) in [5, 5.41) is 0.633. The van der Waals surface area contributed by atoms with Gasteiger partial charge in [0.2, 0.25) is 0 Å². The molecule has 0 N–H and O–H groups in total. The average molecular weight is 233 g/mol. The van der Waals surface area contributed by atoms with Crippen molar-refractivity contribution in [2.45, 2.75) is 13.0 Å². The molecule has 4 heteroatoms. The molecule has 0 amide bonds. The van der Waals surface area contributed by atoms with Gasteiger partial charge in [-0.25, -0.2) is 0 Å². The molecule has 0 radical (unpaired) electrons. The third-order valence-electron chi connectivity index (χ3n) is 1.71. The third-order valence-corrected chi connectivity index (χ3v) is 2.23. The largest absolute Gasteiger partial charge is 0.483 e. The van der Waals surface area contributed by atoms with E-state index >= 15 is 0 Å². The predicted molar refractivity (Wildman–Crippen MR) is 57.3 cm³/mol. The predicted octanol–water partition coefficient (Wildman–Crippen LogP) is 2.92. The second-order valence-electron chi connectivity index (χ2n) is 2.81. The average Bonchev–Trinajstić information content (AvgIpc) is 2.20. The highest BCUT2D eigenvalue weighted by Gasteiger charge is 2.12. The number of alkyl halides is 1. The molecular formula is C10H10Cl2O2. The summed E-state index contributed by atoms with van der Waals surface area (Å²) in [6, 6.07) is 6.82. The molecule has 0 aliphatic carbocycles. The zero-order valence-electron chi connectivity index (χ0n) is 7.67. The number of halogens is 2. The van der Waals surface area contributed by atoms with Gasteiger partial charge in [0.1, 0.15) is 5.75 Å². The van der Waals surface area contributed by atoms with Crippen LogP contribution in [0.3, 0.4) is 0 Å². The Morgan fingerprint density at radius 3 is 2.50 bits per heavy atom. The summed E-state index contributed by atoms with van der Waals surface area (Å²) in [4.78, 5) is 11.1. The number of ether oxygens (including phenoxy) is 1. The first-order valence-electron chi connectivity index (χ1n) is 4.14. The van der Waals surface area contributed by atoms with E-state index in [1.165, 1.54) is 0 Å². The summed E-state index contributed by atoms with van der Waals surface area (Å²) in [6.07, 6.45) is -0.520. The molecule has 0 heterocycles. The Balaban J connectivity index is 2.60. The molecule has 0 bridgehead atoms. The van der Waals surface area contributed by atoms with Gasteiger partial charge in [0.05, 0.1) is 5.88 Å². The van der Waals surface area contributed by atoms with Gasteiger partial charge in [-0.1, -0.05) is 11.6 Å². The van der Waals surface area contributed by atoms with Gasteiger partial charge in [0.25, 0.3) is 0 Å². The highest BCUT2D eigenvalue weighted by molar-refractivity contribution is 6.30. The highest BCUT2D eigenvalue weighted by Crippen LogP contribution is 2.16. The fourth-order valence-electron chi connectivity index (χ4n) is 0.892. The molecule has 2 nitrogen and oxygen atoms in total.